The fourth-order valence-electron chi connectivity index (χ4n) is 4.36. The van der Waals surface area contributed by atoms with Gasteiger partial charge in [0.1, 0.15) is 18.1 Å². The number of hydrogen-bond donors (Lipinski definition) is 2. The van der Waals surface area contributed by atoms with Gasteiger partial charge in [-0.1, -0.05) is 61.9 Å². The number of benzene rings is 3. The Balaban J connectivity index is 1.63. The molecular weight excluding hydrogens is 490 g/mol. The molecule has 0 bridgehead atoms. The van der Waals surface area contributed by atoms with Crippen LogP contribution in [-0.2, 0) is 4.79 Å². The van der Waals surface area contributed by atoms with Crippen molar-refractivity contribution in [1.29, 1.82) is 0 Å². The molecule has 0 aliphatic rings. The van der Waals surface area contributed by atoms with Crippen molar-refractivity contribution in [2.24, 2.45) is 0 Å². The zero-order chi connectivity index (χ0) is 27.8. The van der Waals surface area contributed by atoms with Gasteiger partial charge in [-0.2, -0.15) is 5.10 Å². The molecular formula is C31H35N5O3. The van der Waals surface area contributed by atoms with Crippen molar-refractivity contribution in [3.63, 3.8) is 0 Å². The Kier molecular flexibility index (Phi) is 8.99. The van der Waals surface area contributed by atoms with Crippen LogP contribution in [0.2, 0.25) is 0 Å². The van der Waals surface area contributed by atoms with Gasteiger partial charge in [0.15, 0.2) is 0 Å². The molecule has 2 N–H and O–H groups in total. The van der Waals surface area contributed by atoms with Crippen molar-refractivity contribution < 1.29 is 14.3 Å². The number of carbonyl (C=O) groups excluding carboxylic acids is 2. The van der Waals surface area contributed by atoms with Crippen LogP contribution in [0.3, 0.4) is 0 Å². The van der Waals surface area contributed by atoms with Crippen LogP contribution in [0.15, 0.2) is 78.9 Å². The van der Waals surface area contributed by atoms with E-state index in [0.717, 1.165) is 52.4 Å². The third kappa shape index (κ3) is 6.65. The van der Waals surface area contributed by atoms with Crippen LogP contribution in [-0.4, -0.2) is 46.8 Å². The SMILES string of the molecule is CCCCN(CC(=O)Nc1c(-c2ccccc2)c(C)nn1-c1ccc(OC)cc1)C(=O)Nc1ccccc1C. The first kappa shape index (κ1) is 27.4. The summed E-state index contributed by atoms with van der Waals surface area (Å²) in [6.45, 7) is 6.27. The molecule has 0 atom stereocenters. The number of amides is 3. The van der Waals surface area contributed by atoms with Crippen molar-refractivity contribution >= 4 is 23.4 Å². The van der Waals surface area contributed by atoms with Gasteiger partial charge >= 0.3 is 6.03 Å². The summed E-state index contributed by atoms with van der Waals surface area (Å²) in [5.41, 5.74) is 4.99. The Hall–Kier alpha value is -4.59. The Morgan fingerprint density at radius 1 is 0.923 bits per heavy atom. The van der Waals surface area contributed by atoms with Crippen molar-refractivity contribution in [1.82, 2.24) is 14.7 Å². The van der Waals surface area contributed by atoms with Gasteiger partial charge in [0.2, 0.25) is 5.91 Å². The van der Waals surface area contributed by atoms with Gasteiger partial charge in [-0.3, -0.25) is 4.79 Å². The molecule has 4 rings (SSSR count). The van der Waals surface area contributed by atoms with Gasteiger partial charge in [-0.05, 0) is 61.7 Å². The van der Waals surface area contributed by atoms with E-state index in [1.807, 2.05) is 92.7 Å². The summed E-state index contributed by atoms with van der Waals surface area (Å²) < 4.78 is 7.02. The number of methoxy groups -OCH3 is 1. The lowest BCUT2D eigenvalue weighted by Gasteiger charge is -2.23. The molecule has 1 heterocycles. The number of aromatic nitrogens is 2. The molecule has 8 nitrogen and oxygen atoms in total. The molecule has 0 saturated carbocycles. The third-order valence-corrected chi connectivity index (χ3v) is 6.49. The molecule has 0 aliphatic heterocycles. The molecule has 3 aromatic carbocycles. The van der Waals surface area contributed by atoms with Crippen LogP contribution in [0, 0.1) is 13.8 Å². The minimum Gasteiger partial charge on any atom is -0.497 e. The van der Waals surface area contributed by atoms with E-state index in [0.29, 0.717) is 12.4 Å². The highest BCUT2D eigenvalue weighted by Gasteiger charge is 2.23. The van der Waals surface area contributed by atoms with Gasteiger partial charge < -0.3 is 20.3 Å². The van der Waals surface area contributed by atoms with Gasteiger partial charge in [-0.15, -0.1) is 0 Å². The minimum atomic E-state index is -0.309. The summed E-state index contributed by atoms with van der Waals surface area (Å²) in [5, 5.41) is 10.8. The normalized spacial score (nSPS) is 10.7. The summed E-state index contributed by atoms with van der Waals surface area (Å²) in [6.07, 6.45) is 1.68. The van der Waals surface area contributed by atoms with Crippen LogP contribution >= 0.6 is 0 Å². The average Bonchev–Trinajstić information content (AvgIpc) is 3.27. The first-order valence-corrected chi connectivity index (χ1v) is 13.1. The molecule has 39 heavy (non-hydrogen) atoms. The van der Waals surface area contributed by atoms with Crippen molar-refractivity contribution in [3.05, 3.63) is 90.1 Å². The van der Waals surface area contributed by atoms with Crippen LogP contribution in [0.25, 0.3) is 16.8 Å². The molecule has 0 radical (unpaired) electrons. The number of rotatable bonds is 10. The average molecular weight is 526 g/mol. The van der Waals surface area contributed by atoms with E-state index >= 15 is 0 Å². The number of carbonyl (C=O) groups is 2. The number of hydrogen-bond acceptors (Lipinski definition) is 4. The highest BCUT2D eigenvalue weighted by Crippen LogP contribution is 2.33. The van der Waals surface area contributed by atoms with Gasteiger partial charge in [0.05, 0.1) is 18.5 Å². The summed E-state index contributed by atoms with van der Waals surface area (Å²) in [7, 11) is 1.62. The fourth-order valence-corrected chi connectivity index (χ4v) is 4.36. The molecule has 0 spiro atoms. The summed E-state index contributed by atoms with van der Waals surface area (Å²) in [6, 6.07) is 24.6. The summed E-state index contributed by atoms with van der Waals surface area (Å²) in [4.78, 5) is 28.2. The van der Waals surface area contributed by atoms with Gasteiger partial charge in [0.25, 0.3) is 0 Å². The van der Waals surface area contributed by atoms with Crippen LogP contribution < -0.4 is 15.4 Å². The molecule has 0 fully saturated rings. The second kappa shape index (κ2) is 12.8. The zero-order valence-electron chi connectivity index (χ0n) is 22.9. The highest BCUT2D eigenvalue weighted by atomic mass is 16.5. The van der Waals surface area contributed by atoms with Gasteiger partial charge in [0, 0.05) is 17.8 Å². The van der Waals surface area contributed by atoms with Crippen molar-refractivity contribution in [3.8, 4) is 22.6 Å². The smallest absolute Gasteiger partial charge is 0.322 e. The van der Waals surface area contributed by atoms with Crippen molar-refractivity contribution in [2.45, 2.75) is 33.6 Å². The van der Waals surface area contributed by atoms with Crippen LogP contribution in [0.4, 0.5) is 16.3 Å². The molecule has 0 saturated heterocycles. The quantitative estimate of drug-likeness (QED) is 0.249. The summed E-state index contributed by atoms with van der Waals surface area (Å²) in [5.74, 6) is 0.962. The molecule has 202 valence electrons. The third-order valence-electron chi connectivity index (χ3n) is 6.49. The van der Waals surface area contributed by atoms with E-state index in [-0.39, 0.29) is 18.5 Å². The second-order valence-electron chi connectivity index (χ2n) is 9.35. The van der Waals surface area contributed by atoms with E-state index < -0.39 is 0 Å². The predicted octanol–water partition coefficient (Wildman–Crippen LogP) is 6.44. The van der Waals surface area contributed by atoms with Crippen LogP contribution in [0.5, 0.6) is 5.75 Å². The van der Waals surface area contributed by atoms with E-state index in [4.69, 9.17) is 9.84 Å². The lowest BCUT2D eigenvalue weighted by molar-refractivity contribution is -0.116. The maximum atomic E-state index is 13.5. The maximum absolute atomic E-state index is 13.5. The zero-order valence-corrected chi connectivity index (χ0v) is 22.9. The standard InChI is InChI=1S/C31H35N5O3/c1-5-6-20-35(31(38)32-27-15-11-10-12-22(27)2)21-28(37)33-30-29(24-13-8-7-9-14-24)23(3)34-36(30)25-16-18-26(39-4)19-17-25/h7-19H,5-6,20-21H2,1-4H3,(H,32,38)(H,33,37). The minimum absolute atomic E-state index is 0.0984. The largest absolute Gasteiger partial charge is 0.497 e. The number of para-hydroxylation sites is 1. The first-order valence-electron chi connectivity index (χ1n) is 13.1. The number of nitrogens with zero attached hydrogens (tertiary/aromatic N) is 3. The highest BCUT2D eigenvalue weighted by molar-refractivity contribution is 5.99. The number of urea groups is 1. The molecule has 0 unspecified atom stereocenters. The fraction of sp³-hybridized carbons (Fsp3) is 0.258. The van der Waals surface area contributed by atoms with Gasteiger partial charge in [-0.25, -0.2) is 9.48 Å². The van der Waals surface area contributed by atoms with E-state index in [9.17, 15) is 9.59 Å². The topological polar surface area (TPSA) is 88.5 Å². The molecule has 4 aromatic rings. The molecule has 3 amide bonds. The Morgan fingerprint density at radius 3 is 2.28 bits per heavy atom. The Morgan fingerprint density at radius 2 is 1.62 bits per heavy atom. The van der Waals surface area contributed by atoms with E-state index in [2.05, 4.69) is 17.6 Å². The number of nitrogens with one attached hydrogen (secondary N) is 2. The maximum Gasteiger partial charge on any atom is 0.322 e. The Labute approximate surface area is 229 Å². The Bertz CT molecular complexity index is 1410. The molecule has 1 aromatic heterocycles. The first-order chi connectivity index (χ1) is 18.9. The second-order valence-corrected chi connectivity index (χ2v) is 9.35. The number of anilines is 2. The lowest BCUT2D eigenvalue weighted by Crippen LogP contribution is -2.41. The number of aryl methyl sites for hydroxylation is 2. The van der Waals surface area contributed by atoms with Crippen molar-refractivity contribution in [2.75, 3.05) is 30.8 Å². The predicted molar refractivity (Wildman–Crippen MR) is 156 cm³/mol. The number of unbranched alkanes of at least 4 members (excludes halogenated alkanes) is 1. The molecule has 0 aliphatic carbocycles. The number of ether oxygens (including phenoxy) is 1. The lowest BCUT2D eigenvalue weighted by atomic mass is 10.1. The van der Waals surface area contributed by atoms with E-state index in [1.54, 1.807) is 16.7 Å². The van der Waals surface area contributed by atoms with Crippen LogP contribution in [0.1, 0.15) is 31.0 Å². The summed E-state index contributed by atoms with van der Waals surface area (Å²) >= 11 is 0. The monoisotopic (exact) mass is 525 g/mol. The van der Waals surface area contributed by atoms with E-state index in [1.165, 1.54) is 0 Å². The molecule has 8 heteroatoms.